The Labute approximate surface area is 160 Å². The molecule has 5 nitrogen and oxygen atoms in total. The Kier molecular flexibility index (Phi) is 6.20. The summed E-state index contributed by atoms with van der Waals surface area (Å²) < 4.78 is 37.9. The van der Waals surface area contributed by atoms with Crippen LogP contribution in [0.3, 0.4) is 0 Å². The molecule has 2 N–H and O–H groups in total. The summed E-state index contributed by atoms with van der Waals surface area (Å²) in [5.74, 6) is 0.568. The van der Waals surface area contributed by atoms with Gasteiger partial charge in [-0.15, -0.1) is 11.3 Å². The van der Waals surface area contributed by atoms with E-state index in [1.54, 1.807) is 7.05 Å². The van der Waals surface area contributed by atoms with Crippen molar-refractivity contribution in [3.05, 3.63) is 46.4 Å². The molecule has 0 radical (unpaired) electrons. The molecule has 3 rings (SSSR count). The average Bonchev–Trinajstić information content (AvgIpc) is 3.15. The number of guanidine groups is 1. The molecule has 1 aromatic heterocycles. The fourth-order valence-electron chi connectivity index (χ4n) is 3.04. The van der Waals surface area contributed by atoms with E-state index in [-0.39, 0.29) is 12.6 Å². The number of benzene rings is 1. The zero-order chi connectivity index (χ0) is 19.3. The van der Waals surface area contributed by atoms with E-state index in [2.05, 4.69) is 37.6 Å². The van der Waals surface area contributed by atoms with Crippen LogP contribution in [-0.2, 0) is 12.7 Å². The van der Waals surface area contributed by atoms with Crippen molar-refractivity contribution in [2.45, 2.75) is 31.6 Å². The van der Waals surface area contributed by atoms with E-state index in [9.17, 15) is 13.2 Å². The molecule has 1 aliphatic heterocycles. The van der Waals surface area contributed by atoms with Crippen molar-refractivity contribution in [2.75, 3.05) is 25.0 Å². The third-order valence-corrected chi connectivity index (χ3v) is 5.21. The summed E-state index contributed by atoms with van der Waals surface area (Å²) in [7, 11) is 1.65. The van der Waals surface area contributed by atoms with Gasteiger partial charge in [0.1, 0.15) is 5.01 Å². The van der Waals surface area contributed by atoms with Crippen LogP contribution in [0.2, 0.25) is 0 Å². The second-order valence-corrected chi connectivity index (χ2v) is 7.26. The Hall–Kier alpha value is -2.29. The Morgan fingerprint density at radius 2 is 2.11 bits per heavy atom. The van der Waals surface area contributed by atoms with Crippen LogP contribution in [0, 0.1) is 0 Å². The number of nitrogens with zero attached hydrogens (tertiary/aromatic N) is 3. The van der Waals surface area contributed by atoms with Crippen molar-refractivity contribution in [3.63, 3.8) is 0 Å². The standard InChI is InChI=1S/C18H22F3N5S/c1-22-17(23-10-16-25-15(12-27-16)18(19,20)21)24-13-6-5-9-26(11-13)14-7-3-2-4-8-14/h2-4,7-8,12-13H,5-6,9-11H2,1H3,(H2,22,23,24). The first-order valence-corrected chi connectivity index (χ1v) is 9.62. The first kappa shape index (κ1) is 19.5. The van der Waals surface area contributed by atoms with Gasteiger partial charge in [0.15, 0.2) is 11.7 Å². The maximum Gasteiger partial charge on any atom is 0.434 e. The van der Waals surface area contributed by atoms with Gasteiger partial charge in [-0.05, 0) is 25.0 Å². The normalized spacial score (nSPS) is 18.4. The average molecular weight is 397 g/mol. The molecule has 1 unspecified atom stereocenters. The molecular weight excluding hydrogens is 375 g/mol. The number of anilines is 1. The molecule has 146 valence electrons. The smallest absolute Gasteiger partial charge is 0.369 e. The first-order chi connectivity index (χ1) is 13.0. The topological polar surface area (TPSA) is 52.6 Å². The number of nitrogens with one attached hydrogen (secondary N) is 2. The van der Waals surface area contributed by atoms with Crippen molar-refractivity contribution >= 4 is 23.0 Å². The monoisotopic (exact) mass is 397 g/mol. The Bertz CT molecular complexity index is 760. The summed E-state index contributed by atoms with van der Waals surface area (Å²) in [6, 6.07) is 10.4. The molecule has 2 heterocycles. The molecule has 9 heteroatoms. The van der Waals surface area contributed by atoms with Gasteiger partial charge in [0, 0.05) is 37.2 Å². The molecule has 1 aromatic carbocycles. The van der Waals surface area contributed by atoms with Gasteiger partial charge in [-0.25, -0.2) is 4.98 Å². The lowest BCUT2D eigenvalue weighted by atomic mass is 10.1. The Morgan fingerprint density at radius 1 is 1.33 bits per heavy atom. The SMILES string of the molecule is CN=C(NCc1nc(C(F)(F)F)cs1)NC1CCCN(c2ccccc2)C1. The number of aliphatic imine (C=N–C) groups is 1. The van der Waals surface area contributed by atoms with Crippen molar-refractivity contribution in [3.8, 4) is 0 Å². The minimum absolute atomic E-state index is 0.204. The molecule has 0 saturated carbocycles. The van der Waals surface area contributed by atoms with Crippen molar-refractivity contribution in [1.82, 2.24) is 15.6 Å². The van der Waals surface area contributed by atoms with E-state index >= 15 is 0 Å². The van der Waals surface area contributed by atoms with Gasteiger partial charge in [0.2, 0.25) is 0 Å². The third-order valence-electron chi connectivity index (χ3n) is 4.36. The number of hydrogen-bond donors (Lipinski definition) is 2. The summed E-state index contributed by atoms with van der Waals surface area (Å²) in [5.41, 5.74) is 0.340. The van der Waals surface area contributed by atoms with E-state index < -0.39 is 11.9 Å². The van der Waals surface area contributed by atoms with Gasteiger partial charge in [0.25, 0.3) is 0 Å². The highest BCUT2D eigenvalue weighted by Gasteiger charge is 2.33. The number of para-hydroxylation sites is 1. The highest BCUT2D eigenvalue weighted by atomic mass is 32.1. The molecule has 1 fully saturated rings. The predicted octanol–water partition coefficient (Wildman–Crippen LogP) is 3.50. The van der Waals surface area contributed by atoms with E-state index in [0.717, 1.165) is 42.6 Å². The fraction of sp³-hybridized carbons (Fsp3) is 0.444. The molecule has 27 heavy (non-hydrogen) atoms. The van der Waals surface area contributed by atoms with Crippen LogP contribution >= 0.6 is 11.3 Å². The zero-order valence-electron chi connectivity index (χ0n) is 15.0. The molecule has 2 aromatic rings. The van der Waals surface area contributed by atoms with E-state index in [4.69, 9.17) is 0 Å². The number of rotatable bonds is 4. The van der Waals surface area contributed by atoms with Crippen LogP contribution in [0.15, 0.2) is 40.7 Å². The molecule has 1 atom stereocenters. The Morgan fingerprint density at radius 3 is 2.78 bits per heavy atom. The van der Waals surface area contributed by atoms with Gasteiger partial charge >= 0.3 is 6.18 Å². The van der Waals surface area contributed by atoms with Crippen LogP contribution in [-0.4, -0.2) is 37.1 Å². The molecule has 0 spiro atoms. The predicted molar refractivity (Wildman–Crippen MR) is 102 cm³/mol. The number of aromatic nitrogens is 1. The summed E-state index contributed by atoms with van der Waals surface area (Å²) in [5, 5.41) is 7.83. The lowest BCUT2D eigenvalue weighted by Gasteiger charge is -2.35. The van der Waals surface area contributed by atoms with Gasteiger partial charge in [-0.3, -0.25) is 4.99 Å². The van der Waals surface area contributed by atoms with Crippen molar-refractivity contribution in [1.29, 1.82) is 0 Å². The van der Waals surface area contributed by atoms with Crippen molar-refractivity contribution < 1.29 is 13.2 Å². The van der Waals surface area contributed by atoms with Crippen LogP contribution in [0.1, 0.15) is 23.5 Å². The number of halogens is 3. The molecule has 0 amide bonds. The second kappa shape index (κ2) is 8.60. The molecule has 0 aliphatic carbocycles. The van der Waals surface area contributed by atoms with Gasteiger partial charge in [-0.2, -0.15) is 13.2 Å². The number of piperidine rings is 1. The summed E-state index contributed by atoms with van der Waals surface area (Å²) in [6.07, 6.45) is -2.33. The molecular formula is C18H22F3N5S. The van der Waals surface area contributed by atoms with E-state index in [1.807, 2.05) is 18.2 Å². The lowest BCUT2D eigenvalue weighted by molar-refractivity contribution is -0.140. The summed E-state index contributed by atoms with van der Waals surface area (Å²) >= 11 is 0.988. The maximum atomic E-state index is 12.6. The third kappa shape index (κ3) is 5.35. The van der Waals surface area contributed by atoms with E-state index in [0.29, 0.717) is 11.0 Å². The number of thiazole rings is 1. The summed E-state index contributed by atoms with van der Waals surface area (Å²) in [4.78, 5) is 10.1. The Balaban J connectivity index is 1.53. The second-order valence-electron chi connectivity index (χ2n) is 6.32. The highest BCUT2D eigenvalue weighted by molar-refractivity contribution is 7.09. The fourth-order valence-corrected chi connectivity index (χ4v) is 3.78. The number of alkyl halides is 3. The number of hydrogen-bond acceptors (Lipinski definition) is 4. The van der Waals surface area contributed by atoms with E-state index in [1.165, 1.54) is 5.69 Å². The molecule has 1 saturated heterocycles. The lowest BCUT2D eigenvalue weighted by Crippen LogP contribution is -2.51. The minimum atomic E-state index is -4.41. The quantitative estimate of drug-likeness (QED) is 0.613. The molecule has 1 aliphatic rings. The van der Waals surface area contributed by atoms with Gasteiger partial charge < -0.3 is 15.5 Å². The maximum absolute atomic E-state index is 12.6. The zero-order valence-corrected chi connectivity index (χ0v) is 15.8. The van der Waals surface area contributed by atoms with Crippen molar-refractivity contribution in [2.24, 2.45) is 4.99 Å². The first-order valence-electron chi connectivity index (χ1n) is 8.74. The largest absolute Gasteiger partial charge is 0.434 e. The van der Waals surface area contributed by atoms with Crippen LogP contribution < -0.4 is 15.5 Å². The summed E-state index contributed by atoms with van der Waals surface area (Å²) in [6.45, 7) is 2.06. The minimum Gasteiger partial charge on any atom is -0.369 e. The highest BCUT2D eigenvalue weighted by Crippen LogP contribution is 2.29. The van der Waals surface area contributed by atoms with Gasteiger partial charge in [-0.1, -0.05) is 18.2 Å². The molecule has 0 bridgehead atoms. The van der Waals surface area contributed by atoms with Crippen LogP contribution in [0.4, 0.5) is 18.9 Å². The van der Waals surface area contributed by atoms with Crippen LogP contribution in [0.5, 0.6) is 0 Å². The van der Waals surface area contributed by atoms with Gasteiger partial charge in [0.05, 0.1) is 6.54 Å². The van der Waals surface area contributed by atoms with Crippen LogP contribution in [0.25, 0.3) is 0 Å².